The first-order valence-corrected chi connectivity index (χ1v) is 11.1. The predicted octanol–water partition coefficient (Wildman–Crippen LogP) is 3.48. The predicted molar refractivity (Wildman–Crippen MR) is 128 cm³/mol. The lowest BCUT2D eigenvalue weighted by Crippen LogP contribution is -2.37. The summed E-state index contributed by atoms with van der Waals surface area (Å²) >= 11 is 0. The summed E-state index contributed by atoms with van der Waals surface area (Å²) < 4.78 is 8.02. The first kappa shape index (κ1) is 21.6. The summed E-state index contributed by atoms with van der Waals surface area (Å²) in [6, 6.07) is 5.70. The van der Waals surface area contributed by atoms with Gasteiger partial charge in [-0.2, -0.15) is 5.10 Å². The van der Waals surface area contributed by atoms with Crippen molar-refractivity contribution in [2.75, 3.05) is 24.1 Å². The Morgan fingerprint density at radius 1 is 1.09 bits per heavy atom. The smallest absolute Gasteiger partial charge is 0.222 e. The van der Waals surface area contributed by atoms with Gasteiger partial charge >= 0.3 is 0 Å². The Balaban J connectivity index is 1.44. The number of amides is 2. The number of hydrogen-bond acceptors (Lipinski definition) is 7. The average Bonchev–Trinajstić information content (AvgIpc) is 3.48. The van der Waals surface area contributed by atoms with Gasteiger partial charge in [0, 0.05) is 67.6 Å². The molecule has 0 atom stereocenters. The largest absolute Gasteiger partial charge is 0.452 e. The van der Waals surface area contributed by atoms with Crippen molar-refractivity contribution in [3.05, 3.63) is 43.0 Å². The Labute approximate surface area is 195 Å². The number of likely N-dealkylation sites (tertiary alicyclic amines) is 1. The molecule has 4 aromatic rings. The van der Waals surface area contributed by atoms with Crippen molar-refractivity contribution in [1.82, 2.24) is 24.6 Å². The highest BCUT2D eigenvalue weighted by atomic mass is 16.3. The molecule has 1 aliphatic rings. The molecular weight excluding hydrogens is 434 g/mol. The molecule has 0 aromatic carbocycles. The van der Waals surface area contributed by atoms with Crippen LogP contribution in [-0.4, -0.2) is 49.6 Å². The molecule has 10 nitrogen and oxygen atoms in total. The number of nitrogens with two attached hydrogens (primary N) is 1. The van der Waals surface area contributed by atoms with Gasteiger partial charge < -0.3 is 20.4 Å². The maximum atomic E-state index is 11.6. The number of carbonyl (C=O) groups is 2. The van der Waals surface area contributed by atoms with Gasteiger partial charge in [-0.05, 0) is 31.0 Å². The van der Waals surface area contributed by atoms with E-state index < -0.39 is 0 Å². The summed E-state index contributed by atoms with van der Waals surface area (Å²) in [5, 5.41) is 8.07. The van der Waals surface area contributed by atoms with Crippen molar-refractivity contribution in [3.63, 3.8) is 0 Å². The van der Waals surface area contributed by atoms with Gasteiger partial charge in [0.15, 0.2) is 11.4 Å². The van der Waals surface area contributed by atoms with Gasteiger partial charge in [0.2, 0.25) is 11.8 Å². The number of nitrogens with one attached hydrogen (secondary N) is 1. The molecule has 0 spiro atoms. The molecule has 1 fully saturated rings. The van der Waals surface area contributed by atoms with Gasteiger partial charge in [-0.15, -0.1) is 0 Å². The molecular formula is C24H25N7O3. The van der Waals surface area contributed by atoms with Crippen LogP contribution < -0.4 is 11.1 Å². The molecule has 174 valence electrons. The summed E-state index contributed by atoms with van der Waals surface area (Å²) in [7, 11) is 0. The number of anilines is 2. The molecule has 5 heterocycles. The van der Waals surface area contributed by atoms with Crippen LogP contribution in [0.3, 0.4) is 0 Å². The van der Waals surface area contributed by atoms with E-state index in [9.17, 15) is 9.59 Å². The van der Waals surface area contributed by atoms with E-state index in [-0.39, 0.29) is 17.9 Å². The van der Waals surface area contributed by atoms with E-state index >= 15 is 0 Å². The lowest BCUT2D eigenvalue weighted by atomic mass is 10.0. The highest BCUT2D eigenvalue weighted by Crippen LogP contribution is 2.37. The third-order valence-electron chi connectivity index (χ3n) is 6.14. The number of rotatable bonds is 4. The second-order valence-electron chi connectivity index (χ2n) is 8.47. The number of carbonyl (C=O) groups excluding carboxylic acids is 2. The molecule has 3 N–H and O–H groups in total. The Morgan fingerprint density at radius 3 is 2.56 bits per heavy atom. The summed E-state index contributed by atoms with van der Waals surface area (Å²) in [6.07, 6.45) is 8.94. The zero-order valence-electron chi connectivity index (χ0n) is 19.0. The summed E-state index contributed by atoms with van der Waals surface area (Å²) in [6.45, 7) is 4.52. The van der Waals surface area contributed by atoms with Crippen LogP contribution in [0.2, 0.25) is 0 Å². The lowest BCUT2D eigenvalue weighted by Gasteiger charge is -2.31. The number of nitrogen functional groups attached to an aromatic ring is 1. The Hall–Kier alpha value is -4.21. The highest BCUT2D eigenvalue weighted by Gasteiger charge is 2.23. The zero-order chi connectivity index (χ0) is 23.8. The number of aromatic nitrogens is 4. The standard InChI is InChI=1S/C24H25N7O3/c1-14(32)29-22-4-3-16(10-26-22)21-9-19-20(12-27-24(25)23(19)34-21)17-11-28-31(13-17)18-5-7-30(8-6-18)15(2)33/h3-4,9-13,18H,5-8H2,1-2H3,(H2,25,27)(H,26,29,32). The van der Waals surface area contributed by atoms with Crippen LogP contribution in [0.1, 0.15) is 32.7 Å². The molecule has 2 amide bonds. The molecule has 0 bridgehead atoms. The minimum atomic E-state index is -0.183. The Bertz CT molecular complexity index is 1370. The number of nitrogens with zero attached hydrogens (tertiary/aromatic N) is 5. The van der Waals surface area contributed by atoms with E-state index in [0.717, 1.165) is 48.0 Å². The Morgan fingerprint density at radius 2 is 1.88 bits per heavy atom. The van der Waals surface area contributed by atoms with Crippen molar-refractivity contribution >= 4 is 34.4 Å². The third-order valence-corrected chi connectivity index (χ3v) is 6.14. The van der Waals surface area contributed by atoms with Gasteiger partial charge in [-0.3, -0.25) is 14.3 Å². The molecule has 0 saturated carbocycles. The van der Waals surface area contributed by atoms with Crippen molar-refractivity contribution in [2.24, 2.45) is 0 Å². The van der Waals surface area contributed by atoms with E-state index in [1.807, 2.05) is 34.1 Å². The lowest BCUT2D eigenvalue weighted by molar-refractivity contribution is -0.130. The second-order valence-corrected chi connectivity index (χ2v) is 8.47. The topological polar surface area (TPSA) is 132 Å². The minimum absolute atomic E-state index is 0.116. The molecule has 4 aromatic heterocycles. The fourth-order valence-electron chi connectivity index (χ4n) is 4.33. The molecule has 0 aliphatic carbocycles. The zero-order valence-corrected chi connectivity index (χ0v) is 19.0. The van der Waals surface area contributed by atoms with Gasteiger partial charge in [0.25, 0.3) is 0 Å². The minimum Gasteiger partial charge on any atom is -0.452 e. The van der Waals surface area contributed by atoms with Crippen molar-refractivity contribution in [1.29, 1.82) is 0 Å². The fraction of sp³-hybridized carbons (Fsp3) is 0.292. The van der Waals surface area contributed by atoms with Gasteiger partial charge in [-0.1, -0.05) is 0 Å². The van der Waals surface area contributed by atoms with E-state index in [4.69, 9.17) is 10.2 Å². The third kappa shape index (κ3) is 4.09. The van der Waals surface area contributed by atoms with Crippen LogP contribution in [0.25, 0.3) is 33.4 Å². The summed E-state index contributed by atoms with van der Waals surface area (Å²) in [5.41, 5.74) is 9.15. The molecule has 1 saturated heterocycles. The van der Waals surface area contributed by atoms with Crippen LogP contribution in [-0.2, 0) is 9.59 Å². The van der Waals surface area contributed by atoms with Gasteiger partial charge in [0.1, 0.15) is 11.6 Å². The van der Waals surface area contributed by atoms with Crippen LogP contribution in [0.5, 0.6) is 0 Å². The normalized spacial score (nSPS) is 14.5. The SMILES string of the molecule is CC(=O)Nc1ccc(-c2cc3c(-c4cnn(C5CCN(C(C)=O)CC5)c4)cnc(N)c3o2)cn1. The van der Waals surface area contributed by atoms with Crippen molar-refractivity contribution < 1.29 is 14.0 Å². The van der Waals surface area contributed by atoms with E-state index in [0.29, 0.717) is 23.0 Å². The first-order chi connectivity index (χ1) is 16.4. The fourth-order valence-corrected chi connectivity index (χ4v) is 4.33. The van der Waals surface area contributed by atoms with E-state index in [2.05, 4.69) is 20.4 Å². The highest BCUT2D eigenvalue weighted by molar-refractivity contribution is 6.00. The first-order valence-electron chi connectivity index (χ1n) is 11.1. The summed E-state index contributed by atoms with van der Waals surface area (Å²) in [4.78, 5) is 33.3. The molecule has 5 rings (SSSR count). The number of piperidine rings is 1. The van der Waals surface area contributed by atoms with E-state index in [1.165, 1.54) is 6.92 Å². The molecule has 10 heteroatoms. The molecule has 34 heavy (non-hydrogen) atoms. The van der Waals surface area contributed by atoms with Gasteiger partial charge in [-0.25, -0.2) is 9.97 Å². The number of furan rings is 1. The molecule has 0 radical (unpaired) electrons. The number of hydrogen-bond donors (Lipinski definition) is 2. The van der Waals surface area contributed by atoms with Crippen LogP contribution >= 0.6 is 0 Å². The average molecular weight is 460 g/mol. The quantitative estimate of drug-likeness (QED) is 0.477. The summed E-state index contributed by atoms with van der Waals surface area (Å²) in [5.74, 6) is 1.30. The maximum Gasteiger partial charge on any atom is 0.222 e. The van der Waals surface area contributed by atoms with Crippen LogP contribution in [0.15, 0.2) is 47.4 Å². The number of fused-ring (bicyclic) bond motifs is 1. The van der Waals surface area contributed by atoms with Crippen molar-refractivity contribution in [3.8, 4) is 22.5 Å². The maximum absolute atomic E-state index is 11.6. The van der Waals surface area contributed by atoms with Crippen molar-refractivity contribution in [2.45, 2.75) is 32.7 Å². The van der Waals surface area contributed by atoms with Gasteiger partial charge in [0.05, 0.1) is 12.2 Å². The molecule has 0 unspecified atom stereocenters. The number of pyridine rings is 2. The van der Waals surface area contributed by atoms with Crippen LogP contribution in [0, 0.1) is 0 Å². The monoisotopic (exact) mass is 459 g/mol. The van der Waals surface area contributed by atoms with E-state index in [1.54, 1.807) is 25.4 Å². The Kier molecular flexibility index (Phi) is 5.48. The molecule has 1 aliphatic heterocycles. The van der Waals surface area contributed by atoms with Crippen LogP contribution in [0.4, 0.5) is 11.6 Å². The second kappa shape index (κ2) is 8.62.